The molecule has 3 fully saturated rings. The van der Waals surface area contributed by atoms with Gasteiger partial charge >= 0.3 is 0 Å². The molecule has 3 saturated heterocycles. The molecule has 0 amide bonds. The monoisotopic (exact) mass is 348 g/mol. The Morgan fingerprint density at radius 1 is 1.08 bits per heavy atom. The molecule has 1 spiro atoms. The van der Waals surface area contributed by atoms with Crippen LogP contribution in [-0.4, -0.2) is 68.4 Å². The Morgan fingerprint density at radius 3 is 2.80 bits per heavy atom. The number of rotatable bonds is 3. The summed E-state index contributed by atoms with van der Waals surface area (Å²) < 4.78 is 25.0. The highest BCUT2D eigenvalue weighted by Gasteiger charge is 2.43. The average molecular weight is 348 g/mol. The predicted octanol–water partition coefficient (Wildman–Crippen LogP) is 2.53. The minimum Gasteiger partial charge on any atom is -0.381 e. The van der Waals surface area contributed by atoms with Crippen LogP contribution < -0.4 is 0 Å². The van der Waals surface area contributed by atoms with Gasteiger partial charge in [0.15, 0.2) is 0 Å². The van der Waals surface area contributed by atoms with Crippen molar-refractivity contribution in [2.24, 2.45) is 5.41 Å². The number of ether oxygens (including phenoxy) is 2. The van der Waals surface area contributed by atoms with Gasteiger partial charge in [-0.2, -0.15) is 0 Å². The van der Waals surface area contributed by atoms with Crippen LogP contribution in [0.5, 0.6) is 0 Å². The molecule has 0 radical (unpaired) electrons. The molecule has 4 nitrogen and oxygen atoms in total. The molecule has 0 saturated carbocycles. The summed E-state index contributed by atoms with van der Waals surface area (Å²) in [6.07, 6.45) is 3.51. The van der Waals surface area contributed by atoms with Gasteiger partial charge in [0.05, 0.1) is 13.2 Å². The molecule has 25 heavy (non-hydrogen) atoms. The van der Waals surface area contributed by atoms with Gasteiger partial charge in [-0.15, -0.1) is 0 Å². The van der Waals surface area contributed by atoms with Crippen molar-refractivity contribution in [1.82, 2.24) is 9.80 Å². The largest absolute Gasteiger partial charge is 0.381 e. The van der Waals surface area contributed by atoms with E-state index in [1.807, 2.05) is 6.07 Å². The average Bonchev–Trinajstić information content (AvgIpc) is 2.93. The molecule has 0 N–H and O–H groups in total. The van der Waals surface area contributed by atoms with E-state index in [4.69, 9.17) is 9.47 Å². The predicted molar refractivity (Wildman–Crippen MR) is 95.0 cm³/mol. The van der Waals surface area contributed by atoms with Crippen LogP contribution >= 0.6 is 0 Å². The molecule has 0 bridgehead atoms. The third kappa shape index (κ3) is 4.22. The number of nitrogens with zero attached hydrogens (tertiary/aromatic N) is 2. The summed E-state index contributed by atoms with van der Waals surface area (Å²) in [5.41, 5.74) is 1.28. The van der Waals surface area contributed by atoms with Crippen LogP contribution in [0.15, 0.2) is 24.3 Å². The van der Waals surface area contributed by atoms with E-state index in [2.05, 4.69) is 9.80 Å². The fraction of sp³-hybridized carbons (Fsp3) is 0.700. The molecule has 0 unspecified atom stereocenters. The van der Waals surface area contributed by atoms with Gasteiger partial charge in [-0.05, 0) is 43.5 Å². The van der Waals surface area contributed by atoms with Crippen molar-refractivity contribution in [1.29, 1.82) is 0 Å². The minimum atomic E-state index is -0.148. The molecular weight excluding hydrogens is 319 g/mol. The molecule has 138 valence electrons. The van der Waals surface area contributed by atoms with Crippen LogP contribution in [0.4, 0.5) is 4.39 Å². The summed E-state index contributed by atoms with van der Waals surface area (Å²) in [5.74, 6) is -0.148. The van der Waals surface area contributed by atoms with Crippen LogP contribution in [-0.2, 0) is 16.0 Å². The maximum absolute atomic E-state index is 13.5. The van der Waals surface area contributed by atoms with Crippen molar-refractivity contribution in [3.63, 3.8) is 0 Å². The Bertz CT molecular complexity index is 579. The second-order valence-corrected chi connectivity index (χ2v) is 7.96. The Kier molecular flexibility index (Phi) is 5.36. The van der Waals surface area contributed by atoms with Crippen LogP contribution in [0, 0.1) is 11.2 Å². The lowest BCUT2D eigenvalue weighted by Gasteiger charge is -2.35. The molecule has 3 heterocycles. The van der Waals surface area contributed by atoms with E-state index in [0.29, 0.717) is 6.04 Å². The van der Waals surface area contributed by atoms with Crippen molar-refractivity contribution in [2.45, 2.75) is 31.8 Å². The summed E-state index contributed by atoms with van der Waals surface area (Å²) in [5, 5.41) is 0. The Morgan fingerprint density at radius 2 is 1.96 bits per heavy atom. The van der Waals surface area contributed by atoms with Crippen LogP contribution in [0.1, 0.15) is 24.8 Å². The molecule has 5 heteroatoms. The van der Waals surface area contributed by atoms with E-state index < -0.39 is 0 Å². The number of hydrogen-bond acceptors (Lipinski definition) is 4. The molecule has 1 atom stereocenters. The Hall–Kier alpha value is -1.01. The molecule has 1 aromatic rings. The van der Waals surface area contributed by atoms with Crippen LogP contribution in [0.2, 0.25) is 0 Å². The standard InChI is InChI=1S/C20H29FN2O2/c21-18-3-1-2-17(12-18)13-22-8-11-25-16-20(14-22)6-7-23(15-20)19-4-9-24-10-5-19/h1-3,12,19H,4-11,13-16H2/t20-/m0/s1. The summed E-state index contributed by atoms with van der Waals surface area (Å²) >= 11 is 0. The van der Waals surface area contributed by atoms with E-state index in [0.717, 1.165) is 71.0 Å². The Labute approximate surface area is 149 Å². The first-order chi connectivity index (χ1) is 12.2. The molecular formula is C20H29FN2O2. The third-order valence-electron chi connectivity index (χ3n) is 5.99. The lowest BCUT2D eigenvalue weighted by molar-refractivity contribution is 0.0284. The van der Waals surface area contributed by atoms with E-state index in [1.165, 1.54) is 19.0 Å². The van der Waals surface area contributed by atoms with Gasteiger partial charge in [0.2, 0.25) is 0 Å². The quantitative estimate of drug-likeness (QED) is 0.838. The number of halogens is 1. The summed E-state index contributed by atoms with van der Waals surface area (Å²) in [4.78, 5) is 5.12. The van der Waals surface area contributed by atoms with Gasteiger partial charge in [0, 0.05) is 50.8 Å². The second-order valence-electron chi connectivity index (χ2n) is 7.96. The molecule has 1 aromatic carbocycles. The lowest BCUT2D eigenvalue weighted by atomic mass is 9.87. The van der Waals surface area contributed by atoms with E-state index >= 15 is 0 Å². The van der Waals surface area contributed by atoms with Crippen LogP contribution in [0.25, 0.3) is 0 Å². The van der Waals surface area contributed by atoms with E-state index in [-0.39, 0.29) is 11.2 Å². The smallest absolute Gasteiger partial charge is 0.123 e. The molecule has 4 rings (SSSR count). The van der Waals surface area contributed by atoms with Gasteiger partial charge in [-0.1, -0.05) is 12.1 Å². The first kappa shape index (κ1) is 17.4. The zero-order valence-corrected chi connectivity index (χ0v) is 15.0. The maximum Gasteiger partial charge on any atom is 0.123 e. The van der Waals surface area contributed by atoms with Crippen molar-refractivity contribution >= 4 is 0 Å². The van der Waals surface area contributed by atoms with E-state index in [9.17, 15) is 4.39 Å². The normalized spacial score (nSPS) is 30.0. The van der Waals surface area contributed by atoms with Crippen molar-refractivity contribution < 1.29 is 13.9 Å². The highest BCUT2D eigenvalue weighted by Crippen LogP contribution is 2.36. The minimum absolute atomic E-state index is 0.148. The van der Waals surface area contributed by atoms with Crippen molar-refractivity contribution in [3.05, 3.63) is 35.6 Å². The lowest BCUT2D eigenvalue weighted by Crippen LogP contribution is -2.43. The van der Waals surface area contributed by atoms with Gasteiger partial charge in [-0.25, -0.2) is 4.39 Å². The highest BCUT2D eigenvalue weighted by molar-refractivity contribution is 5.16. The molecule has 3 aliphatic heterocycles. The molecule has 0 aliphatic carbocycles. The number of hydrogen-bond donors (Lipinski definition) is 0. The van der Waals surface area contributed by atoms with Gasteiger partial charge in [0.1, 0.15) is 5.82 Å². The fourth-order valence-electron chi connectivity index (χ4n) is 4.69. The zero-order valence-electron chi connectivity index (χ0n) is 15.0. The number of benzene rings is 1. The van der Waals surface area contributed by atoms with Gasteiger partial charge in [0.25, 0.3) is 0 Å². The molecule has 3 aliphatic rings. The second kappa shape index (κ2) is 7.70. The maximum atomic E-state index is 13.5. The van der Waals surface area contributed by atoms with E-state index in [1.54, 1.807) is 12.1 Å². The highest BCUT2D eigenvalue weighted by atomic mass is 19.1. The van der Waals surface area contributed by atoms with Crippen LogP contribution in [0.3, 0.4) is 0 Å². The molecule has 0 aromatic heterocycles. The Balaban J connectivity index is 1.41. The summed E-state index contributed by atoms with van der Waals surface area (Å²) in [6.45, 7) is 8.49. The van der Waals surface area contributed by atoms with Gasteiger partial charge < -0.3 is 9.47 Å². The summed E-state index contributed by atoms with van der Waals surface area (Å²) in [6, 6.07) is 7.66. The summed E-state index contributed by atoms with van der Waals surface area (Å²) in [7, 11) is 0. The van der Waals surface area contributed by atoms with Crippen molar-refractivity contribution in [2.75, 3.05) is 52.6 Å². The van der Waals surface area contributed by atoms with Gasteiger partial charge in [-0.3, -0.25) is 9.80 Å². The number of likely N-dealkylation sites (tertiary alicyclic amines) is 1. The third-order valence-corrected chi connectivity index (χ3v) is 5.99. The first-order valence-corrected chi connectivity index (χ1v) is 9.59. The first-order valence-electron chi connectivity index (χ1n) is 9.59. The van der Waals surface area contributed by atoms with Crippen molar-refractivity contribution in [3.8, 4) is 0 Å². The SMILES string of the molecule is Fc1cccc(CN2CCOC[C@@]3(CCN(C4CCOCC4)C3)C2)c1. The topological polar surface area (TPSA) is 24.9 Å². The zero-order chi connectivity index (χ0) is 17.1. The fourth-order valence-corrected chi connectivity index (χ4v) is 4.69.